The lowest BCUT2D eigenvalue weighted by Gasteiger charge is -2.24. The van der Waals surface area contributed by atoms with Gasteiger partial charge in [0, 0.05) is 44.2 Å². The van der Waals surface area contributed by atoms with Crippen LogP contribution in [-0.2, 0) is 9.53 Å². The predicted molar refractivity (Wildman–Crippen MR) is 95.3 cm³/mol. The van der Waals surface area contributed by atoms with Gasteiger partial charge < -0.3 is 14.5 Å². The first-order valence-corrected chi connectivity index (χ1v) is 9.18. The lowest BCUT2D eigenvalue weighted by Crippen LogP contribution is -2.29. The molecule has 4 nitrogen and oxygen atoms in total. The van der Waals surface area contributed by atoms with Crippen LogP contribution in [0.5, 0.6) is 0 Å². The Bertz CT molecular complexity index is 640. The first-order chi connectivity index (χ1) is 11.8. The Morgan fingerprint density at radius 3 is 2.92 bits per heavy atom. The quantitative estimate of drug-likeness (QED) is 0.780. The summed E-state index contributed by atoms with van der Waals surface area (Å²) in [5, 5.41) is 0. The zero-order valence-corrected chi connectivity index (χ0v) is 14.2. The van der Waals surface area contributed by atoms with Gasteiger partial charge in [-0.25, -0.2) is 0 Å². The highest BCUT2D eigenvalue weighted by atomic mass is 16.5. The molecule has 24 heavy (non-hydrogen) atoms. The van der Waals surface area contributed by atoms with Crippen LogP contribution in [0.4, 0.5) is 5.69 Å². The Labute approximate surface area is 144 Å². The maximum Gasteiger partial charge on any atom is 0.222 e. The molecule has 0 bridgehead atoms. The van der Waals surface area contributed by atoms with E-state index in [9.17, 15) is 4.79 Å². The maximum atomic E-state index is 11.8. The van der Waals surface area contributed by atoms with E-state index in [0.29, 0.717) is 11.8 Å². The normalized spacial score (nSPS) is 23.6. The molecular formula is C20H26N2O2. The summed E-state index contributed by atoms with van der Waals surface area (Å²) in [4.78, 5) is 16.4. The molecule has 0 saturated carbocycles. The van der Waals surface area contributed by atoms with Crippen molar-refractivity contribution in [1.82, 2.24) is 4.90 Å². The number of rotatable bonds is 5. The van der Waals surface area contributed by atoms with Crippen LogP contribution in [-0.4, -0.2) is 50.2 Å². The van der Waals surface area contributed by atoms with Crippen LogP contribution < -0.4 is 4.90 Å². The molecule has 4 heteroatoms. The molecule has 1 aromatic carbocycles. The molecule has 0 aromatic heterocycles. The summed E-state index contributed by atoms with van der Waals surface area (Å²) in [6.45, 7) is 5.49. The molecule has 3 aliphatic rings. The maximum absolute atomic E-state index is 11.8. The van der Waals surface area contributed by atoms with Crippen LogP contribution in [0.2, 0.25) is 0 Å². The molecule has 1 amide bonds. The SMILES string of the molecule is O=C1CCCN1CC[C@H]1CN(CC2=CCCOC2)c2ccccc21. The van der Waals surface area contributed by atoms with Gasteiger partial charge in [0.15, 0.2) is 0 Å². The van der Waals surface area contributed by atoms with Gasteiger partial charge in [-0.15, -0.1) is 0 Å². The number of anilines is 1. The van der Waals surface area contributed by atoms with Crippen molar-refractivity contribution in [1.29, 1.82) is 0 Å². The van der Waals surface area contributed by atoms with Crippen molar-refractivity contribution in [3.63, 3.8) is 0 Å². The Hall–Kier alpha value is -1.81. The third-order valence-corrected chi connectivity index (χ3v) is 5.45. The van der Waals surface area contributed by atoms with Crippen LogP contribution >= 0.6 is 0 Å². The predicted octanol–water partition coefficient (Wildman–Crippen LogP) is 2.95. The van der Waals surface area contributed by atoms with Gasteiger partial charge in [0.25, 0.3) is 0 Å². The molecule has 4 rings (SSSR count). The van der Waals surface area contributed by atoms with Crippen molar-refractivity contribution in [2.24, 2.45) is 0 Å². The van der Waals surface area contributed by atoms with Crippen molar-refractivity contribution in [3.05, 3.63) is 41.5 Å². The third-order valence-electron chi connectivity index (χ3n) is 5.45. The van der Waals surface area contributed by atoms with Crippen molar-refractivity contribution < 1.29 is 9.53 Å². The van der Waals surface area contributed by atoms with Crippen LogP contribution in [0.25, 0.3) is 0 Å². The van der Waals surface area contributed by atoms with Gasteiger partial charge in [0.2, 0.25) is 5.91 Å². The van der Waals surface area contributed by atoms with Gasteiger partial charge in [0.05, 0.1) is 13.2 Å². The van der Waals surface area contributed by atoms with Crippen LogP contribution in [0.3, 0.4) is 0 Å². The number of nitrogens with zero attached hydrogens (tertiary/aromatic N) is 2. The minimum absolute atomic E-state index is 0.336. The van der Waals surface area contributed by atoms with Crippen molar-refractivity contribution in [2.75, 3.05) is 44.3 Å². The summed E-state index contributed by atoms with van der Waals surface area (Å²) >= 11 is 0. The first-order valence-electron chi connectivity index (χ1n) is 9.18. The molecule has 1 saturated heterocycles. The highest BCUT2D eigenvalue weighted by Gasteiger charge is 2.30. The second-order valence-electron chi connectivity index (χ2n) is 7.11. The van der Waals surface area contributed by atoms with Gasteiger partial charge in [0.1, 0.15) is 0 Å². The van der Waals surface area contributed by atoms with Crippen molar-refractivity contribution in [3.8, 4) is 0 Å². The fraction of sp³-hybridized carbons (Fsp3) is 0.550. The molecule has 0 aliphatic carbocycles. The first kappa shape index (κ1) is 15.7. The van der Waals surface area contributed by atoms with Gasteiger partial charge >= 0.3 is 0 Å². The summed E-state index contributed by atoms with van der Waals surface area (Å²) < 4.78 is 5.59. The van der Waals surface area contributed by atoms with Crippen LogP contribution in [0.15, 0.2) is 35.9 Å². The zero-order chi connectivity index (χ0) is 16.4. The third kappa shape index (κ3) is 3.20. The van der Waals surface area contributed by atoms with E-state index in [1.165, 1.54) is 16.8 Å². The molecule has 1 aromatic rings. The number of carbonyl (C=O) groups excluding carboxylic acids is 1. The van der Waals surface area contributed by atoms with Gasteiger partial charge in [-0.1, -0.05) is 24.3 Å². The Morgan fingerprint density at radius 2 is 2.12 bits per heavy atom. The lowest BCUT2D eigenvalue weighted by molar-refractivity contribution is -0.127. The number of benzene rings is 1. The minimum atomic E-state index is 0.336. The molecule has 0 radical (unpaired) electrons. The number of likely N-dealkylation sites (tertiary alicyclic amines) is 1. The Morgan fingerprint density at radius 1 is 1.21 bits per heavy atom. The topological polar surface area (TPSA) is 32.8 Å². The monoisotopic (exact) mass is 326 g/mol. The standard InChI is InChI=1S/C20H26N2O2/c23-20-8-3-10-21(20)11-9-17-14-22(13-16-5-4-12-24-15-16)19-7-2-1-6-18(17)19/h1-2,5-7,17H,3-4,8-15H2/t17-/m0/s1. The second-order valence-corrected chi connectivity index (χ2v) is 7.11. The highest BCUT2D eigenvalue weighted by Crippen LogP contribution is 2.38. The summed E-state index contributed by atoms with van der Waals surface area (Å²) in [5.41, 5.74) is 4.20. The van der Waals surface area contributed by atoms with E-state index in [1.54, 1.807) is 0 Å². The van der Waals surface area contributed by atoms with E-state index in [2.05, 4.69) is 35.2 Å². The lowest BCUT2D eigenvalue weighted by atomic mass is 9.98. The average molecular weight is 326 g/mol. The molecule has 128 valence electrons. The summed E-state index contributed by atoms with van der Waals surface area (Å²) in [7, 11) is 0. The minimum Gasteiger partial charge on any atom is -0.377 e. The number of hydrogen-bond acceptors (Lipinski definition) is 3. The van der Waals surface area contributed by atoms with Gasteiger partial charge in [-0.05, 0) is 36.5 Å². The Kier molecular flexibility index (Phi) is 4.56. The molecular weight excluding hydrogens is 300 g/mol. The average Bonchev–Trinajstić information content (AvgIpc) is 3.18. The largest absolute Gasteiger partial charge is 0.377 e. The van der Waals surface area contributed by atoms with E-state index in [0.717, 1.165) is 65.1 Å². The van der Waals surface area contributed by atoms with Crippen LogP contribution in [0.1, 0.15) is 37.2 Å². The summed E-state index contributed by atoms with van der Waals surface area (Å²) in [5.74, 6) is 0.863. The number of fused-ring (bicyclic) bond motifs is 1. The van der Waals surface area contributed by atoms with E-state index in [4.69, 9.17) is 4.74 Å². The molecule has 0 spiro atoms. The van der Waals surface area contributed by atoms with Crippen molar-refractivity contribution >= 4 is 11.6 Å². The smallest absolute Gasteiger partial charge is 0.222 e. The van der Waals surface area contributed by atoms with Crippen LogP contribution in [0, 0.1) is 0 Å². The second kappa shape index (κ2) is 6.98. The summed E-state index contributed by atoms with van der Waals surface area (Å²) in [6.07, 6.45) is 6.20. The molecule has 3 aliphatic heterocycles. The van der Waals surface area contributed by atoms with E-state index in [1.807, 2.05) is 4.90 Å². The van der Waals surface area contributed by atoms with Gasteiger partial charge in [-0.3, -0.25) is 4.79 Å². The number of ether oxygens (including phenoxy) is 1. The van der Waals surface area contributed by atoms with E-state index >= 15 is 0 Å². The summed E-state index contributed by atoms with van der Waals surface area (Å²) in [6, 6.07) is 8.77. The van der Waals surface area contributed by atoms with E-state index < -0.39 is 0 Å². The molecule has 1 atom stereocenters. The molecule has 1 fully saturated rings. The molecule has 0 unspecified atom stereocenters. The number of amides is 1. The van der Waals surface area contributed by atoms with Crippen molar-refractivity contribution in [2.45, 2.75) is 31.6 Å². The highest BCUT2D eigenvalue weighted by molar-refractivity contribution is 5.78. The zero-order valence-electron chi connectivity index (χ0n) is 14.2. The molecule has 0 N–H and O–H groups in total. The number of para-hydroxylation sites is 1. The van der Waals surface area contributed by atoms with Gasteiger partial charge in [-0.2, -0.15) is 0 Å². The molecule has 3 heterocycles. The fourth-order valence-electron chi connectivity index (χ4n) is 4.20. The Balaban J connectivity index is 1.44. The fourth-order valence-corrected chi connectivity index (χ4v) is 4.20. The number of carbonyl (C=O) groups is 1. The van der Waals surface area contributed by atoms with E-state index in [-0.39, 0.29) is 0 Å². The number of hydrogen-bond donors (Lipinski definition) is 0.